The van der Waals surface area contributed by atoms with Gasteiger partial charge in [0, 0.05) is 16.8 Å². The maximum Gasteiger partial charge on any atom is 0.216 e. The Morgan fingerprint density at radius 2 is 1.89 bits per heavy atom. The summed E-state index contributed by atoms with van der Waals surface area (Å²) in [6, 6.07) is 13.6. The van der Waals surface area contributed by atoms with Crippen molar-refractivity contribution in [2.45, 2.75) is 19.8 Å². The van der Waals surface area contributed by atoms with Gasteiger partial charge in [-0.15, -0.1) is 12.6 Å². The zero-order valence-corrected chi connectivity index (χ0v) is 11.8. The number of benzene rings is 2. The van der Waals surface area contributed by atoms with Gasteiger partial charge in [0.15, 0.2) is 0 Å². The van der Waals surface area contributed by atoms with Crippen LogP contribution in [0.25, 0.3) is 11.1 Å². The summed E-state index contributed by atoms with van der Waals surface area (Å²) in [5, 5.41) is -0.247. The van der Waals surface area contributed by atoms with Crippen LogP contribution in [0.2, 0.25) is 0 Å². The minimum atomic E-state index is -0.247. The van der Waals surface area contributed by atoms with Gasteiger partial charge in [-0.3, -0.25) is 4.79 Å². The maximum absolute atomic E-state index is 11.4. The van der Waals surface area contributed by atoms with E-state index < -0.39 is 0 Å². The average molecular weight is 271 g/mol. The molecular weight excluding hydrogens is 254 g/mol. The monoisotopic (exact) mass is 271 g/mol. The normalized spacial score (nSPS) is 10.4. The number of nitrogens with two attached hydrogens (primary N) is 1. The van der Waals surface area contributed by atoms with Crippen LogP contribution in [-0.4, -0.2) is 5.12 Å². The fourth-order valence-corrected chi connectivity index (χ4v) is 2.40. The molecule has 3 heteroatoms. The first kappa shape index (κ1) is 13.7. The standard InChI is InChI=1S/C16H17NOS/c1-2-6-12-9-13(16(18)19)10-14(17)15(12)11-7-4-3-5-8-11/h3-5,7-10H,2,6,17H2,1H3,(H,18,19). The summed E-state index contributed by atoms with van der Waals surface area (Å²) in [6.07, 6.45) is 1.90. The fraction of sp³-hybridized carbons (Fsp3) is 0.188. The van der Waals surface area contributed by atoms with E-state index in [9.17, 15) is 4.79 Å². The molecule has 2 aromatic rings. The predicted octanol–water partition coefficient (Wildman–Crippen LogP) is 3.96. The largest absolute Gasteiger partial charge is 0.398 e. The minimum Gasteiger partial charge on any atom is -0.398 e. The highest BCUT2D eigenvalue weighted by molar-refractivity contribution is 7.97. The first-order chi connectivity index (χ1) is 9.13. The molecule has 0 saturated heterocycles. The molecule has 0 bridgehead atoms. The lowest BCUT2D eigenvalue weighted by molar-refractivity contribution is 0.109. The molecule has 0 radical (unpaired) electrons. The van der Waals surface area contributed by atoms with Crippen molar-refractivity contribution in [2.75, 3.05) is 5.73 Å². The van der Waals surface area contributed by atoms with Crippen LogP contribution >= 0.6 is 12.6 Å². The summed E-state index contributed by atoms with van der Waals surface area (Å²) in [4.78, 5) is 11.4. The Kier molecular flexibility index (Phi) is 4.27. The van der Waals surface area contributed by atoms with Crippen molar-refractivity contribution in [3.8, 4) is 11.1 Å². The van der Waals surface area contributed by atoms with E-state index in [1.807, 2.05) is 36.4 Å². The molecule has 0 aliphatic rings. The van der Waals surface area contributed by atoms with Crippen LogP contribution in [-0.2, 0) is 6.42 Å². The van der Waals surface area contributed by atoms with Crippen molar-refractivity contribution in [3.05, 3.63) is 53.6 Å². The molecule has 0 aliphatic heterocycles. The molecule has 0 spiro atoms. The van der Waals surface area contributed by atoms with Crippen molar-refractivity contribution in [1.29, 1.82) is 0 Å². The van der Waals surface area contributed by atoms with E-state index in [1.54, 1.807) is 6.07 Å². The third-order valence-corrected chi connectivity index (χ3v) is 3.34. The quantitative estimate of drug-likeness (QED) is 0.653. The Morgan fingerprint density at radius 3 is 2.47 bits per heavy atom. The third kappa shape index (κ3) is 2.99. The van der Waals surface area contributed by atoms with Crippen LogP contribution < -0.4 is 5.73 Å². The van der Waals surface area contributed by atoms with E-state index in [1.165, 1.54) is 0 Å². The van der Waals surface area contributed by atoms with Gasteiger partial charge in [-0.25, -0.2) is 0 Å². The highest BCUT2D eigenvalue weighted by Gasteiger charge is 2.12. The molecule has 19 heavy (non-hydrogen) atoms. The number of nitrogen functional groups attached to an aromatic ring is 1. The van der Waals surface area contributed by atoms with E-state index in [0.29, 0.717) is 11.3 Å². The number of carbonyl (C=O) groups excluding carboxylic acids is 1. The van der Waals surface area contributed by atoms with E-state index in [0.717, 1.165) is 29.5 Å². The summed E-state index contributed by atoms with van der Waals surface area (Å²) in [5.74, 6) is 0. The summed E-state index contributed by atoms with van der Waals surface area (Å²) >= 11 is 3.88. The Labute approximate surface area is 119 Å². The van der Waals surface area contributed by atoms with Gasteiger partial charge in [0.2, 0.25) is 5.12 Å². The van der Waals surface area contributed by atoms with Crippen LogP contribution in [0.15, 0.2) is 42.5 Å². The highest BCUT2D eigenvalue weighted by atomic mass is 32.1. The summed E-state index contributed by atoms with van der Waals surface area (Å²) in [7, 11) is 0. The second kappa shape index (κ2) is 5.93. The second-order valence-corrected chi connectivity index (χ2v) is 4.93. The molecule has 0 saturated carbocycles. The molecule has 2 aromatic carbocycles. The lowest BCUT2D eigenvalue weighted by Crippen LogP contribution is -2.01. The summed E-state index contributed by atoms with van der Waals surface area (Å²) < 4.78 is 0. The number of carbonyl (C=O) groups is 1. The molecule has 0 heterocycles. The molecule has 2 N–H and O–H groups in total. The van der Waals surface area contributed by atoms with E-state index in [2.05, 4.69) is 19.6 Å². The van der Waals surface area contributed by atoms with E-state index >= 15 is 0 Å². The molecule has 2 rings (SSSR count). The first-order valence-corrected chi connectivity index (χ1v) is 6.79. The van der Waals surface area contributed by atoms with Gasteiger partial charge in [-0.2, -0.15) is 0 Å². The van der Waals surface area contributed by atoms with Crippen molar-refractivity contribution in [1.82, 2.24) is 0 Å². The third-order valence-electron chi connectivity index (χ3n) is 3.08. The highest BCUT2D eigenvalue weighted by Crippen LogP contribution is 2.32. The van der Waals surface area contributed by atoms with Crippen LogP contribution in [0.4, 0.5) is 5.69 Å². The SMILES string of the molecule is CCCc1cc(C(=O)S)cc(N)c1-c1ccccc1. The van der Waals surface area contributed by atoms with Crippen LogP contribution in [0.1, 0.15) is 29.3 Å². The molecule has 0 amide bonds. The van der Waals surface area contributed by atoms with Gasteiger partial charge in [-0.05, 0) is 29.7 Å². The summed E-state index contributed by atoms with van der Waals surface area (Å²) in [6.45, 7) is 2.11. The molecule has 0 atom stereocenters. The summed E-state index contributed by atoms with van der Waals surface area (Å²) in [5.41, 5.74) is 10.5. The average Bonchev–Trinajstić information content (AvgIpc) is 2.39. The lowest BCUT2D eigenvalue weighted by Gasteiger charge is -2.14. The molecule has 2 nitrogen and oxygen atoms in total. The van der Waals surface area contributed by atoms with Crippen molar-refractivity contribution in [2.24, 2.45) is 0 Å². The van der Waals surface area contributed by atoms with E-state index in [4.69, 9.17) is 5.73 Å². The zero-order chi connectivity index (χ0) is 13.8. The smallest absolute Gasteiger partial charge is 0.216 e. The predicted molar refractivity (Wildman–Crippen MR) is 83.6 cm³/mol. The van der Waals surface area contributed by atoms with Gasteiger partial charge < -0.3 is 5.73 Å². The van der Waals surface area contributed by atoms with Gasteiger partial charge >= 0.3 is 0 Å². The Bertz CT molecular complexity index is 593. The molecule has 0 fully saturated rings. The van der Waals surface area contributed by atoms with Gasteiger partial charge in [-0.1, -0.05) is 43.7 Å². The number of hydrogen-bond acceptors (Lipinski definition) is 2. The van der Waals surface area contributed by atoms with Crippen molar-refractivity contribution in [3.63, 3.8) is 0 Å². The maximum atomic E-state index is 11.4. The van der Waals surface area contributed by atoms with E-state index in [-0.39, 0.29) is 5.12 Å². The topological polar surface area (TPSA) is 43.1 Å². The van der Waals surface area contributed by atoms with Crippen molar-refractivity contribution < 1.29 is 4.79 Å². The van der Waals surface area contributed by atoms with Gasteiger partial charge in [0.1, 0.15) is 0 Å². The lowest BCUT2D eigenvalue weighted by atomic mass is 9.93. The number of anilines is 1. The molecular formula is C16H17NOS. The number of aryl methyl sites for hydroxylation is 1. The first-order valence-electron chi connectivity index (χ1n) is 6.34. The Balaban J connectivity index is 2.62. The molecule has 0 aromatic heterocycles. The minimum absolute atomic E-state index is 0.247. The second-order valence-electron chi connectivity index (χ2n) is 4.52. The fourth-order valence-electron chi connectivity index (χ4n) is 2.27. The Morgan fingerprint density at radius 1 is 1.21 bits per heavy atom. The Hall–Kier alpha value is -1.74. The molecule has 98 valence electrons. The van der Waals surface area contributed by atoms with Gasteiger partial charge in [0.05, 0.1) is 0 Å². The van der Waals surface area contributed by atoms with Crippen molar-refractivity contribution >= 4 is 23.4 Å². The molecule has 0 aliphatic carbocycles. The zero-order valence-electron chi connectivity index (χ0n) is 10.9. The number of rotatable bonds is 4. The van der Waals surface area contributed by atoms with Crippen LogP contribution in [0.5, 0.6) is 0 Å². The molecule has 0 unspecified atom stereocenters. The van der Waals surface area contributed by atoms with Gasteiger partial charge in [0.25, 0.3) is 0 Å². The van der Waals surface area contributed by atoms with Crippen LogP contribution in [0.3, 0.4) is 0 Å². The number of thiol groups is 1. The number of hydrogen-bond donors (Lipinski definition) is 2. The van der Waals surface area contributed by atoms with Crippen LogP contribution in [0, 0.1) is 0 Å².